The fraction of sp³-hybridized carbons (Fsp3) is 0.500. The number of amidine groups is 1. The van der Waals surface area contributed by atoms with Crippen LogP contribution in [0.3, 0.4) is 0 Å². The average molecular weight is 218 g/mol. The van der Waals surface area contributed by atoms with Gasteiger partial charge in [0.25, 0.3) is 0 Å². The van der Waals surface area contributed by atoms with Crippen LogP contribution in [0.2, 0.25) is 0 Å². The van der Waals surface area contributed by atoms with Gasteiger partial charge in [-0.05, 0) is 32.8 Å². The predicted octanol–water partition coefficient (Wildman–Crippen LogP) is 1.74. The molecule has 4 nitrogen and oxygen atoms in total. The van der Waals surface area contributed by atoms with Crippen LogP contribution in [-0.2, 0) is 0 Å². The Morgan fingerprint density at radius 1 is 1.56 bits per heavy atom. The van der Waals surface area contributed by atoms with Gasteiger partial charge >= 0.3 is 0 Å². The molecule has 0 spiro atoms. The largest absolute Gasteiger partial charge is 0.384 e. The van der Waals surface area contributed by atoms with Gasteiger partial charge in [0.15, 0.2) is 0 Å². The third kappa shape index (κ3) is 1.75. The highest BCUT2D eigenvalue weighted by Crippen LogP contribution is 2.34. The van der Waals surface area contributed by atoms with Crippen molar-refractivity contribution in [1.82, 2.24) is 4.98 Å². The van der Waals surface area contributed by atoms with E-state index >= 15 is 0 Å². The Bertz CT molecular complexity index is 411. The van der Waals surface area contributed by atoms with Gasteiger partial charge in [-0.15, -0.1) is 0 Å². The lowest BCUT2D eigenvalue weighted by atomic mass is 10.0. The van der Waals surface area contributed by atoms with Crippen molar-refractivity contribution in [2.45, 2.75) is 32.2 Å². The van der Waals surface area contributed by atoms with Crippen LogP contribution in [0.25, 0.3) is 0 Å². The Balaban J connectivity index is 2.44. The van der Waals surface area contributed by atoms with E-state index in [0.717, 1.165) is 17.8 Å². The van der Waals surface area contributed by atoms with E-state index in [1.165, 1.54) is 12.8 Å². The second-order valence-corrected chi connectivity index (χ2v) is 4.87. The van der Waals surface area contributed by atoms with Crippen LogP contribution in [0.4, 0.5) is 5.69 Å². The molecule has 0 aliphatic carbocycles. The Hall–Kier alpha value is -1.58. The molecule has 0 atom stereocenters. The molecule has 1 aromatic rings. The Morgan fingerprint density at radius 3 is 2.88 bits per heavy atom. The molecule has 0 saturated carbocycles. The number of anilines is 1. The summed E-state index contributed by atoms with van der Waals surface area (Å²) in [7, 11) is 0. The molecule has 4 heteroatoms. The zero-order valence-corrected chi connectivity index (χ0v) is 9.83. The predicted molar refractivity (Wildman–Crippen MR) is 65.9 cm³/mol. The number of nitrogen functional groups attached to an aromatic ring is 1. The van der Waals surface area contributed by atoms with Gasteiger partial charge in [0.2, 0.25) is 0 Å². The maximum atomic E-state index is 7.59. The van der Waals surface area contributed by atoms with Crippen molar-refractivity contribution in [2.75, 3.05) is 11.4 Å². The van der Waals surface area contributed by atoms with E-state index in [1.807, 2.05) is 12.3 Å². The highest BCUT2D eigenvalue weighted by molar-refractivity contribution is 6.00. The molecular formula is C12H18N4. The van der Waals surface area contributed by atoms with E-state index in [0.29, 0.717) is 0 Å². The minimum atomic E-state index is 0.111. The van der Waals surface area contributed by atoms with Crippen LogP contribution in [0.5, 0.6) is 0 Å². The summed E-state index contributed by atoms with van der Waals surface area (Å²) in [4.78, 5) is 6.45. The van der Waals surface area contributed by atoms with E-state index in [9.17, 15) is 0 Å². The van der Waals surface area contributed by atoms with E-state index in [4.69, 9.17) is 11.1 Å². The molecule has 16 heavy (non-hydrogen) atoms. The first-order valence-corrected chi connectivity index (χ1v) is 5.58. The molecule has 86 valence electrons. The number of aromatic nitrogens is 1. The van der Waals surface area contributed by atoms with Crippen LogP contribution >= 0.6 is 0 Å². The first-order valence-electron chi connectivity index (χ1n) is 5.58. The summed E-state index contributed by atoms with van der Waals surface area (Å²) in [5, 5.41) is 7.59. The minimum absolute atomic E-state index is 0.111. The lowest BCUT2D eigenvalue weighted by Gasteiger charge is -2.34. The number of nitrogens with two attached hydrogens (primary N) is 1. The smallest absolute Gasteiger partial charge is 0.125 e. The molecule has 1 aromatic heterocycles. The molecule has 0 amide bonds. The summed E-state index contributed by atoms with van der Waals surface area (Å²) in [5.74, 6) is 0.111. The van der Waals surface area contributed by atoms with Crippen molar-refractivity contribution in [1.29, 1.82) is 5.41 Å². The zero-order chi connectivity index (χ0) is 11.8. The number of nitrogens with one attached hydrogen (secondary N) is 1. The second kappa shape index (κ2) is 3.77. The maximum absolute atomic E-state index is 7.59. The average Bonchev–Trinajstić information content (AvgIpc) is 2.58. The molecule has 0 bridgehead atoms. The molecular weight excluding hydrogens is 200 g/mol. The monoisotopic (exact) mass is 218 g/mol. The molecule has 0 unspecified atom stereocenters. The van der Waals surface area contributed by atoms with E-state index in [-0.39, 0.29) is 11.4 Å². The van der Waals surface area contributed by atoms with Crippen molar-refractivity contribution >= 4 is 11.5 Å². The van der Waals surface area contributed by atoms with Gasteiger partial charge in [0.05, 0.1) is 11.9 Å². The molecule has 3 N–H and O–H groups in total. The molecule has 1 fully saturated rings. The standard InChI is InChI=1S/C12H18N4/c1-12(2)5-3-7-16(12)10-8-15-6-4-9(10)11(13)14/h4,6,8H,3,5,7H2,1-2H3,(H3,13,14). The van der Waals surface area contributed by atoms with Gasteiger partial charge in [-0.3, -0.25) is 10.4 Å². The Morgan fingerprint density at radius 2 is 2.31 bits per heavy atom. The summed E-state index contributed by atoms with van der Waals surface area (Å²) in [6, 6.07) is 1.81. The third-order valence-corrected chi connectivity index (χ3v) is 3.28. The zero-order valence-electron chi connectivity index (χ0n) is 9.83. The van der Waals surface area contributed by atoms with Gasteiger partial charge in [-0.1, -0.05) is 0 Å². The van der Waals surface area contributed by atoms with Crippen molar-refractivity contribution in [3.8, 4) is 0 Å². The SMILES string of the molecule is CC1(C)CCCN1c1cnccc1C(=N)N. The van der Waals surface area contributed by atoms with Gasteiger partial charge in [-0.25, -0.2) is 0 Å². The molecule has 1 aliphatic heterocycles. The van der Waals surface area contributed by atoms with E-state index < -0.39 is 0 Å². The molecule has 0 aromatic carbocycles. The number of rotatable bonds is 2. The normalized spacial score (nSPS) is 18.8. The Labute approximate surface area is 96.0 Å². The van der Waals surface area contributed by atoms with Gasteiger partial charge in [0.1, 0.15) is 5.84 Å². The summed E-state index contributed by atoms with van der Waals surface area (Å²) >= 11 is 0. The third-order valence-electron chi connectivity index (χ3n) is 3.28. The van der Waals surface area contributed by atoms with Crippen LogP contribution in [-0.4, -0.2) is 22.9 Å². The fourth-order valence-corrected chi connectivity index (χ4v) is 2.38. The summed E-state index contributed by atoms with van der Waals surface area (Å²) in [6.07, 6.45) is 5.84. The maximum Gasteiger partial charge on any atom is 0.125 e. The fourth-order valence-electron chi connectivity index (χ4n) is 2.38. The van der Waals surface area contributed by atoms with Crippen molar-refractivity contribution in [3.63, 3.8) is 0 Å². The van der Waals surface area contributed by atoms with Crippen LogP contribution in [0.15, 0.2) is 18.5 Å². The van der Waals surface area contributed by atoms with Gasteiger partial charge in [-0.2, -0.15) is 0 Å². The second-order valence-electron chi connectivity index (χ2n) is 4.87. The van der Waals surface area contributed by atoms with Gasteiger partial charge in [0, 0.05) is 23.8 Å². The minimum Gasteiger partial charge on any atom is -0.384 e. The topological polar surface area (TPSA) is 66.0 Å². The highest BCUT2D eigenvalue weighted by Gasteiger charge is 2.33. The number of nitrogens with zero attached hydrogens (tertiary/aromatic N) is 2. The van der Waals surface area contributed by atoms with Crippen LogP contribution in [0, 0.1) is 5.41 Å². The number of hydrogen-bond donors (Lipinski definition) is 2. The lowest BCUT2D eigenvalue weighted by Crippen LogP contribution is -2.39. The van der Waals surface area contributed by atoms with E-state index in [2.05, 4.69) is 23.7 Å². The van der Waals surface area contributed by atoms with Crippen molar-refractivity contribution in [2.24, 2.45) is 5.73 Å². The molecule has 2 rings (SSSR count). The molecule has 2 heterocycles. The summed E-state index contributed by atoms with van der Waals surface area (Å²) in [6.45, 7) is 5.45. The van der Waals surface area contributed by atoms with Crippen LogP contribution < -0.4 is 10.6 Å². The van der Waals surface area contributed by atoms with Gasteiger partial charge < -0.3 is 10.6 Å². The molecule has 1 aliphatic rings. The van der Waals surface area contributed by atoms with Crippen molar-refractivity contribution < 1.29 is 0 Å². The van der Waals surface area contributed by atoms with Crippen LogP contribution in [0.1, 0.15) is 32.3 Å². The Kier molecular flexibility index (Phi) is 2.58. The van der Waals surface area contributed by atoms with E-state index in [1.54, 1.807) is 6.20 Å². The first-order chi connectivity index (χ1) is 7.52. The highest BCUT2D eigenvalue weighted by atomic mass is 15.2. The van der Waals surface area contributed by atoms with Crippen molar-refractivity contribution in [3.05, 3.63) is 24.0 Å². The lowest BCUT2D eigenvalue weighted by molar-refractivity contribution is 0.517. The summed E-state index contributed by atoms with van der Waals surface area (Å²) in [5.41, 5.74) is 7.50. The number of hydrogen-bond acceptors (Lipinski definition) is 3. The first kappa shape index (κ1) is 10.9. The molecule has 1 saturated heterocycles. The number of pyridine rings is 1. The summed E-state index contributed by atoms with van der Waals surface area (Å²) < 4.78 is 0. The molecule has 0 radical (unpaired) electrons. The quantitative estimate of drug-likeness (QED) is 0.587.